The molecule has 1 aromatic heterocycles. The average Bonchev–Trinajstić information content (AvgIpc) is 3.20. The number of amides is 1. The smallest absolute Gasteiger partial charge is 0.345 e. The normalized spacial score (nSPS) is 11.5. The Kier molecular flexibility index (Phi) is 7.78. The number of aromatic nitrogens is 1. The van der Waals surface area contributed by atoms with Gasteiger partial charge in [0, 0.05) is 30.5 Å². The van der Waals surface area contributed by atoms with Gasteiger partial charge in [0.15, 0.2) is 0 Å². The summed E-state index contributed by atoms with van der Waals surface area (Å²) < 4.78 is 40.8. The molecular weight excluding hydrogens is 413 g/mol. The van der Waals surface area contributed by atoms with Crippen LogP contribution in [0.25, 0.3) is 0 Å². The molecule has 6 heteroatoms. The van der Waals surface area contributed by atoms with E-state index in [2.05, 4.69) is 30.5 Å². The third kappa shape index (κ3) is 6.02. The maximum absolute atomic E-state index is 13.2. The first-order valence-corrected chi connectivity index (χ1v) is 10.9. The van der Waals surface area contributed by atoms with Gasteiger partial charge in [-0.25, -0.2) is 0 Å². The molecule has 3 aromatic rings. The van der Waals surface area contributed by atoms with E-state index in [9.17, 15) is 18.0 Å². The maximum atomic E-state index is 13.2. The number of unbranched alkanes of at least 4 members (excludes halogenated alkanes) is 2. The number of hydrogen-bond acceptors (Lipinski definition) is 1. The monoisotopic (exact) mass is 442 g/mol. The molecule has 3 nitrogen and oxygen atoms in total. The van der Waals surface area contributed by atoms with Crippen LogP contribution < -0.4 is 0 Å². The molecule has 0 bridgehead atoms. The second-order valence-electron chi connectivity index (χ2n) is 8.06. The third-order valence-electron chi connectivity index (χ3n) is 5.66. The van der Waals surface area contributed by atoms with Crippen molar-refractivity contribution < 1.29 is 18.0 Å². The van der Waals surface area contributed by atoms with Gasteiger partial charge in [0.05, 0.1) is 12.1 Å². The highest BCUT2D eigenvalue weighted by Gasteiger charge is 2.30. The highest BCUT2D eigenvalue weighted by Crippen LogP contribution is 2.29. The van der Waals surface area contributed by atoms with Crippen LogP contribution in [0.4, 0.5) is 13.2 Å². The fraction of sp³-hybridized carbons (Fsp3) is 0.346. The van der Waals surface area contributed by atoms with Gasteiger partial charge in [0.1, 0.15) is 0 Å². The van der Waals surface area contributed by atoms with Crippen LogP contribution in [-0.4, -0.2) is 21.9 Å². The van der Waals surface area contributed by atoms with E-state index < -0.39 is 11.7 Å². The van der Waals surface area contributed by atoms with Crippen molar-refractivity contribution in [1.82, 2.24) is 9.47 Å². The van der Waals surface area contributed by atoms with Gasteiger partial charge in [0.2, 0.25) is 0 Å². The molecule has 170 valence electrons. The molecule has 32 heavy (non-hydrogen) atoms. The molecule has 0 aliphatic heterocycles. The van der Waals surface area contributed by atoms with Gasteiger partial charge in [-0.15, -0.1) is 0 Å². The van der Waals surface area contributed by atoms with E-state index in [4.69, 9.17) is 0 Å². The highest BCUT2D eigenvalue weighted by molar-refractivity contribution is 5.94. The molecule has 0 unspecified atom stereocenters. The summed E-state index contributed by atoms with van der Waals surface area (Å²) in [6.45, 7) is 5.83. The quantitative estimate of drug-likeness (QED) is 0.339. The van der Waals surface area contributed by atoms with Gasteiger partial charge in [-0.2, -0.15) is 13.2 Å². The van der Waals surface area contributed by atoms with E-state index >= 15 is 0 Å². The van der Waals surface area contributed by atoms with Gasteiger partial charge >= 0.3 is 6.18 Å². The Morgan fingerprint density at radius 3 is 2.34 bits per heavy atom. The fourth-order valence-electron chi connectivity index (χ4n) is 3.70. The van der Waals surface area contributed by atoms with Crippen molar-refractivity contribution >= 4 is 5.91 Å². The Morgan fingerprint density at radius 2 is 1.69 bits per heavy atom. The molecule has 0 spiro atoms. The number of rotatable bonds is 9. The molecular formula is C26H29F3N2O. The van der Waals surface area contributed by atoms with Crippen molar-refractivity contribution in [2.24, 2.45) is 0 Å². The van der Waals surface area contributed by atoms with Crippen molar-refractivity contribution in [2.45, 2.75) is 52.4 Å². The van der Waals surface area contributed by atoms with Crippen LogP contribution in [0.15, 0.2) is 66.9 Å². The van der Waals surface area contributed by atoms with Gasteiger partial charge < -0.3 is 9.47 Å². The van der Waals surface area contributed by atoms with E-state index in [0.29, 0.717) is 19.6 Å². The lowest BCUT2D eigenvalue weighted by Crippen LogP contribution is -2.32. The summed E-state index contributed by atoms with van der Waals surface area (Å²) in [5.74, 6) is -0.251. The molecule has 0 atom stereocenters. The Hall–Kier alpha value is -3.02. The number of aryl methyl sites for hydroxylation is 1. The summed E-state index contributed by atoms with van der Waals surface area (Å²) in [7, 11) is 0. The minimum Gasteiger partial charge on any atom is -0.345 e. The molecule has 0 N–H and O–H groups in total. The number of carbonyl (C=O) groups excluding carboxylic acids is 1. The Bertz CT molecular complexity index is 1020. The fourth-order valence-corrected chi connectivity index (χ4v) is 3.70. The number of benzene rings is 2. The standard InChI is InChI=1S/C26H29F3N2O/c1-3-4-7-16-31(25(32)21-12-14-23(15-13-21)26(27,28)29)19-24-11-8-17-30(24)18-22-10-6-5-9-20(22)2/h5-6,8-15,17H,3-4,7,16,18-19H2,1-2H3. The number of hydrogen-bond donors (Lipinski definition) is 0. The van der Waals surface area contributed by atoms with Crippen LogP contribution >= 0.6 is 0 Å². The van der Waals surface area contributed by atoms with Crippen molar-refractivity contribution in [3.8, 4) is 0 Å². The second-order valence-corrected chi connectivity index (χ2v) is 8.06. The molecule has 1 heterocycles. The predicted molar refractivity (Wildman–Crippen MR) is 120 cm³/mol. The maximum Gasteiger partial charge on any atom is 0.416 e. The van der Waals surface area contributed by atoms with Crippen LogP contribution in [0, 0.1) is 6.92 Å². The zero-order valence-electron chi connectivity index (χ0n) is 18.5. The number of alkyl halides is 3. The summed E-state index contributed by atoms with van der Waals surface area (Å²) in [6.07, 6.45) is 0.432. The van der Waals surface area contributed by atoms with Gasteiger partial charge in [-0.3, -0.25) is 4.79 Å². The summed E-state index contributed by atoms with van der Waals surface area (Å²) in [5.41, 5.74) is 2.92. The molecule has 0 saturated carbocycles. The van der Waals surface area contributed by atoms with Crippen LogP contribution in [0.5, 0.6) is 0 Å². The van der Waals surface area contributed by atoms with Crippen LogP contribution in [0.1, 0.15) is 58.9 Å². The largest absolute Gasteiger partial charge is 0.416 e. The van der Waals surface area contributed by atoms with Crippen molar-refractivity contribution in [2.75, 3.05) is 6.54 Å². The first kappa shape index (κ1) is 23.6. The second kappa shape index (κ2) is 10.5. The lowest BCUT2D eigenvalue weighted by molar-refractivity contribution is -0.137. The molecule has 3 rings (SSSR count). The molecule has 0 fully saturated rings. The number of carbonyl (C=O) groups is 1. The van der Waals surface area contributed by atoms with Crippen molar-refractivity contribution in [3.05, 3.63) is 94.8 Å². The first-order chi connectivity index (χ1) is 15.3. The molecule has 1 amide bonds. The minimum absolute atomic E-state index is 0.251. The Labute approximate surface area is 187 Å². The van der Waals surface area contributed by atoms with Crippen LogP contribution in [0.2, 0.25) is 0 Å². The van der Waals surface area contributed by atoms with Gasteiger partial charge in [0.25, 0.3) is 5.91 Å². The zero-order valence-corrected chi connectivity index (χ0v) is 18.5. The van der Waals surface area contributed by atoms with Gasteiger partial charge in [-0.05, 0) is 60.9 Å². The number of nitrogens with zero attached hydrogens (tertiary/aromatic N) is 2. The van der Waals surface area contributed by atoms with E-state index in [-0.39, 0.29) is 11.5 Å². The lowest BCUT2D eigenvalue weighted by Gasteiger charge is -2.24. The minimum atomic E-state index is -4.42. The SMILES string of the molecule is CCCCCN(Cc1cccn1Cc1ccccc1C)C(=O)c1ccc(C(F)(F)F)cc1. The van der Waals surface area contributed by atoms with Crippen LogP contribution in [-0.2, 0) is 19.3 Å². The topological polar surface area (TPSA) is 25.2 Å². The van der Waals surface area contributed by atoms with E-state index in [1.807, 2.05) is 30.5 Å². The summed E-state index contributed by atoms with van der Waals surface area (Å²) >= 11 is 0. The predicted octanol–water partition coefficient (Wildman–Crippen LogP) is 6.70. The third-order valence-corrected chi connectivity index (χ3v) is 5.66. The Balaban J connectivity index is 1.80. The summed E-state index contributed by atoms with van der Waals surface area (Å²) in [4.78, 5) is 14.9. The van der Waals surface area contributed by atoms with E-state index in [1.54, 1.807) is 4.90 Å². The molecule has 0 saturated heterocycles. The molecule has 2 aromatic carbocycles. The highest BCUT2D eigenvalue weighted by atomic mass is 19.4. The summed E-state index contributed by atoms with van der Waals surface area (Å²) in [6, 6.07) is 16.6. The molecule has 0 aliphatic rings. The summed E-state index contributed by atoms with van der Waals surface area (Å²) in [5, 5.41) is 0. The van der Waals surface area contributed by atoms with Crippen LogP contribution in [0.3, 0.4) is 0 Å². The first-order valence-electron chi connectivity index (χ1n) is 10.9. The van der Waals surface area contributed by atoms with E-state index in [1.165, 1.54) is 23.3 Å². The lowest BCUT2D eigenvalue weighted by atomic mass is 10.1. The molecule has 0 aliphatic carbocycles. The average molecular weight is 443 g/mol. The Morgan fingerprint density at radius 1 is 0.969 bits per heavy atom. The zero-order chi connectivity index (χ0) is 23.1. The number of halogens is 3. The van der Waals surface area contributed by atoms with Gasteiger partial charge in [-0.1, -0.05) is 44.0 Å². The van der Waals surface area contributed by atoms with Crippen molar-refractivity contribution in [1.29, 1.82) is 0 Å². The van der Waals surface area contributed by atoms with Crippen molar-refractivity contribution in [3.63, 3.8) is 0 Å². The van der Waals surface area contributed by atoms with E-state index in [0.717, 1.165) is 37.1 Å². The molecule has 0 radical (unpaired) electrons.